The number of nitrogens with one attached hydrogen (secondary N) is 2. The third-order valence-corrected chi connectivity index (χ3v) is 5.79. The van der Waals surface area contributed by atoms with Crippen LogP contribution in [0.3, 0.4) is 0 Å². The van der Waals surface area contributed by atoms with Crippen LogP contribution in [0.1, 0.15) is 5.69 Å². The minimum atomic E-state index is -3.86. The second-order valence-corrected chi connectivity index (χ2v) is 7.38. The maximum Gasteiger partial charge on any atom is 0.306 e. The molecule has 0 aliphatic carbocycles. The van der Waals surface area contributed by atoms with E-state index in [0.717, 1.165) is 6.07 Å². The van der Waals surface area contributed by atoms with Gasteiger partial charge in [0.2, 0.25) is 0 Å². The van der Waals surface area contributed by atoms with Gasteiger partial charge in [0.15, 0.2) is 4.21 Å². The highest BCUT2D eigenvalue weighted by Gasteiger charge is 2.20. The van der Waals surface area contributed by atoms with Crippen molar-refractivity contribution in [1.82, 2.24) is 4.98 Å². The summed E-state index contributed by atoms with van der Waals surface area (Å²) in [5.74, 6) is -0.495. The van der Waals surface area contributed by atoms with Crippen LogP contribution in [0.5, 0.6) is 0 Å². The fourth-order valence-corrected chi connectivity index (χ4v) is 4.14. The van der Waals surface area contributed by atoms with Crippen LogP contribution < -0.4 is 9.60 Å². The summed E-state index contributed by atoms with van der Waals surface area (Å²) in [5.41, 5.74) is 0.470. The zero-order chi connectivity index (χ0) is 14.2. The number of aromatic nitrogens is 1. The first-order valence-electron chi connectivity index (χ1n) is 4.97. The van der Waals surface area contributed by atoms with E-state index in [1.807, 2.05) is 0 Å². The van der Waals surface area contributed by atoms with Gasteiger partial charge in [0.1, 0.15) is 5.82 Å². The van der Waals surface area contributed by atoms with Crippen molar-refractivity contribution >= 4 is 43.0 Å². The molecule has 0 fully saturated rings. The van der Waals surface area contributed by atoms with E-state index in [1.54, 1.807) is 0 Å². The Hall–Kier alpha value is -1.19. The van der Waals surface area contributed by atoms with Gasteiger partial charge in [0.05, 0.1) is 10.2 Å². The average molecular weight is 367 g/mol. The SMILES string of the molecule is Cc1[nH]c(=O)sc1S(=O)(=O)Nc1ccc(F)c(Br)c1. The van der Waals surface area contributed by atoms with Crippen molar-refractivity contribution in [3.63, 3.8) is 0 Å². The first kappa shape index (κ1) is 14.2. The number of thiazole rings is 1. The Balaban J connectivity index is 2.39. The number of halogens is 2. The molecule has 0 aliphatic heterocycles. The molecule has 0 amide bonds. The third kappa shape index (κ3) is 3.04. The fourth-order valence-electron chi connectivity index (χ4n) is 1.41. The summed E-state index contributed by atoms with van der Waals surface area (Å²) in [5, 5.41) is 0. The predicted octanol–water partition coefficient (Wildman–Crippen LogP) is 2.45. The van der Waals surface area contributed by atoms with Crippen LogP contribution in [0.4, 0.5) is 10.1 Å². The van der Waals surface area contributed by atoms with Crippen molar-refractivity contribution in [1.29, 1.82) is 0 Å². The van der Waals surface area contributed by atoms with Crippen LogP contribution in [-0.4, -0.2) is 13.4 Å². The molecule has 0 radical (unpaired) electrons. The monoisotopic (exact) mass is 366 g/mol. The fraction of sp³-hybridized carbons (Fsp3) is 0.100. The van der Waals surface area contributed by atoms with Gasteiger partial charge in [-0.3, -0.25) is 9.52 Å². The van der Waals surface area contributed by atoms with Crippen LogP contribution in [0.2, 0.25) is 0 Å². The first-order valence-corrected chi connectivity index (χ1v) is 8.06. The molecule has 1 aromatic carbocycles. The van der Waals surface area contributed by atoms with E-state index in [9.17, 15) is 17.6 Å². The maximum absolute atomic E-state index is 13.1. The standard InChI is InChI=1S/C10H8BrFN2O3S2/c1-5-9(18-10(15)13-5)19(16,17)14-6-2-3-8(12)7(11)4-6/h2-4,14H,1H3,(H,13,15). The van der Waals surface area contributed by atoms with Gasteiger partial charge in [0.25, 0.3) is 10.0 Å². The number of hydrogen-bond acceptors (Lipinski definition) is 4. The number of aromatic amines is 1. The Morgan fingerprint density at radius 1 is 1.42 bits per heavy atom. The van der Waals surface area contributed by atoms with Gasteiger partial charge in [-0.05, 0) is 41.1 Å². The van der Waals surface area contributed by atoms with Crippen molar-refractivity contribution in [2.75, 3.05) is 4.72 Å². The van der Waals surface area contributed by atoms with E-state index in [-0.39, 0.29) is 20.1 Å². The number of hydrogen-bond donors (Lipinski definition) is 2. The van der Waals surface area contributed by atoms with E-state index in [1.165, 1.54) is 19.1 Å². The molecule has 2 aromatic rings. The lowest BCUT2D eigenvalue weighted by molar-refractivity contribution is 0.602. The van der Waals surface area contributed by atoms with Gasteiger partial charge < -0.3 is 4.98 Å². The summed E-state index contributed by atoms with van der Waals surface area (Å²) in [6, 6.07) is 3.73. The number of rotatable bonds is 3. The zero-order valence-corrected chi connectivity index (χ0v) is 12.7. The molecule has 19 heavy (non-hydrogen) atoms. The molecule has 0 saturated heterocycles. The average Bonchev–Trinajstić information content (AvgIpc) is 2.63. The van der Waals surface area contributed by atoms with E-state index in [4.69, 9.17) is 0 Å². The molecular weight excluding hydrogens is 359 g/mol. The first-order chi connectivity index (χ1) is 8.79. The van der Waals surface area contributed by atoms with Gasteiger partial charge in [-0.2, -0.15) is 0 Å². The summed E-state index contributed by atoms with van der Waals surface area (Å²) >= 11 is 3.57. The molecule has 0 saturated carbocycles. The molecule has 1 heterocycles. The van der Waals surface area contributed by atoms with Gasteiger partial charge in [-0.25, -0.2) is 12.8 Å². The van der Waals surface area contributed by atoms with Crippen LogP contribution >= 0.6 is 27.3 Å². The molecule has 1 aromatic heterocycles. The largest absolute Gasteiger partial charge is 0.315 e. The lowest BCUT2D eigenvalue weighted by Crippen LogP contribution is -2.12. The topological polar surface area (TPSA) is 79.0 Å². The van der Waals surface area contributed by atoms with Crippen LogP contribution in [-0.2, 0) is 10.0 Å². The van der Waals surface area contributed by atoms with Crippen LogP contribution in [0, 0.1) is 12.7 Å². The molecule has 102 valence electrons. The lowest BCUT2D eigenvalue weighted by Gasteiger charge is -2.07. The van der Waals surface area contributed by atoms with Gasteiger partial charge >= 0.3 is 4.87 Å². The number of anilines is 1. The molecule has 5 nitrogen and oxygen atoms in total. The Morgan fingerprint density at radius 3 is 2.63 bits per heavy atom. The quantitative estimate of drug-likeness (QED) is 0.875. The number of sulfonamides is 1. The molecule has 9 heteroatoms. The van der Waals surface area contributed by atoms with Crippen molar-refractivity contribution < 1.29 is 12.8 Å². The van der Waals surface area contributed by atoms with E-state index < -0.39 is 20.7 Å². The smallest absolute Gasteiger partial charge is 0.306 e. The molecule has 0 aliphatic rings. The van der Waals surface area contributed by atoms with Crippen molar-refractivity contribution in [2.24, 2.45) is 0 Å². The predicted molar refractivity (Wildman–Crippen MR) is 74.6 cm³/mol. The molecule has 0 spiro atoms. The second-order valence-electron chi connectivity index (χ2n) is 3.66. The summed E-state index contributed by atoms with van der Waals surface area (Å²) in [7, 11) is -3.86. The summed E-state index contributed by atoms with van der Waals surface area (Å²) in [6.07, 6.45) is 0. The summed E-state index contributed by atoms with van der Waals surface area (Å²) in [6.45, 7) is 1.49. The van der Waals surface area contributed by atoms with Gasteiger partial charge in [-0.1, -0.05) is 11.3 Å². The highest BCUT2D eigenvalue weighted by atomic mass is 79.9. The van der Waals surface area contributed by atoms with E-state index >= 15 is 0 Å². The third-order valence-electron chi connectivity index (χ3n) is 2.20. The zero-order valence-electron chi connectivity index (χ0n) is 9.53. The summed E-state index contributed by atoms with van der Waals surface area (Å²) in [4.78, 5) is 13.1. The van der Waals surface area contributed by atoms with Crippen LogP contribution in [0.25, 0.3) is 0 Å². The van der Waals surface area contributed by atoms with Crippen molar-refractivity contribution in [3.8, 4) is 0 Å². The van der Waals surface area contributed by atoms with Gasteiger partial charge in [0, 0.05) is 5.69 Å². The van der Waals surface area contributed by atoms with Crippen molar-refractivity contribution in [2.45, 2.75) is 11.1 Å². The highest BCUT2D eigenvalue weighted by Crippen LogP contribution is 2.24. The molecule has 0 bridgehead atoms. The molecule has 0 unspecified atom stereocenters. The normalized spacial score (nSPS) is 11.5. The van der Waals surface area contributed by atoms with Gasteiger partial charge in [-0.15, -0.1) is 0 Å². The lowest BCUT2D eigenvalue weighted by atomic mass is 10.3. The molecule has 2 N–H and O–H groups in total. The number of aryl methyl sites for hydroxylation is 1. The number of H-pyrrole nitrogens is 1. The van der Waals surface area contributed by atoms with Crippen molar-refractivity contribution in [3.05, 3.63) is 43.9 Å². The Bertz CT molecular complexity index is 782. The Morgan fingerprint density at radius 2 is 2.11 bits per heavy atom. The maximum atomic E-state index is 13.1. The minimum absolute atomic E-state index is 0.0852. The minimum Gasteiger partial charge on any atom is -0.315 e. The Kier molecular flexibility index (Phi) is 3.79. The molecular formula is C10H8BrFN2O3S2. The molecule has 0 atom stereocenters. The van der Waals surface area contributed by atoms with E-state index in [0.29, 0.717) is 11.3 Å². The van der Waals surface area contributed by atoms with E-state index in [2.05, 4.69) is 25.6 Å². The van der Waals surface area contributed by atoms with Crippen LogP contribution in [0.15, 0.2) is 31.7 Å². The Labute approximate surface area is 120 Å². The number of benzene rings is 1. The molecule has 2 rings (SSSR count). The highest BCUT2D eigenvalue weighted by molar-refractivity contribution is 9.10. The second kappa shape index (κ2) is 5.06. The summed E-state index contributed by atoms with van der Waals surface area (Å²) < 4.78 is 39.5.